The molecular formula is C21H29N5O6S. The number of sulfonamides is 1. The second-order valence-corrected chi connectivity index (χ2v) is 10.1. The number of fused-ring (bicyclic) bond motifs is 1. The molecule has 1 fully saturated rings. The van der Waals surface area contributed by atoms with Gasteiger partial charge in [-0.05, 0) is 38.0 Å². The fraction of sp³-hybridized carbons (Fsp3) is 0.524. The van der Waals surface area contributed by atoms with Crippen molar-refractivity contribution in [1.82, 2.24) is 24.1 Å². The normalized spacial score (nSPS) is 16.0. The molecule has 0 unspecified atom stereocenters. The zero-order chi connectivity index (χ0) is 24.6. The number of aryl methyl sites for hydroxylation is 1. The van der Waals surface area contributed by atoms with Crippen LogP contribution in [0.3, 0.4) is 0 Å². The maximum Gasteiger partial charge on any atom is 0.326 e. The number of esters is 1. The summed E-state index contributed by atoms with van der Waals surface area (Å²) in [5, 5.41) is 2.67. The van der Waals surface area contributed by atoms with Crippen LogP contribution in [0.25, 0.3) is 11.0 Å². The zero-order valence-corrected chi connectivity index (χ0v) is 20.2. The van der Waals surface area contributed by atoms with Crippen molar-refractivity contribution in [3.8, 4) is 0 Å². The fourth-order valence-corrected chi connectivity index (χ4v) is 4.78. The third kappa shape index (κ3) is 4.32. The number of hydrogen-bond donors (Lipinski definition) is 1. The van der Waals surface area contributed by atoms with Gasteiger partial charge in [0.1, 0.15) is 24.5 Å². The van der Waals surface area contributed by atoms with Crippen molar-refractivity contribution < 1.29 is 27.5 Å². The van der Waals surface area contributed by atoms with Crippen LogP contribution in [0.1, 0.15) is 39.4 Å². The van der Waals surface area contributed by atoms with Crippen LogP contribution >= 0.6 is 0 Å². The number of ether oxygens (including phenoxy) is 1. The van der Waals surface area contributed by atoms with E-state index < -0.39 is 40.0 Å². The van der Waals surface area contributed by atoms with Crippen LogP contribution in [0.5, 0.6) is 0 Å². The molecule has 1 aliphatic heterocycles. The van der Waals surface area contributed by atoms with E-state index in [4.69, 9.17) is 4.74 Å². The highest BCUT2D eigenvalue weighted by atomic mass is 32.2. The summed E-state index contributed by atoms with van der Waals surface area (Å²) < 4.78 is 33.1. The molecule has 1 N–H and O–H groups in total. The van der Waals surface area contributed by atoms with E-state index in [0.29, 0.717) is 36.2 Å². The lowest BCUT2D eigenvalue weighted by molar-refractivity contribution is -0.149. The van der Waals surface area contributed by atoms with Gasteiger partial charge in [-0.25, -0.2) is 22.5 Å². The Kier molecular flexibility index (Phi) is 6.80. The van der Waals surface area contributed by atoms with E-state index in [0.717, 1.165) is 9.21 Å². The van der Waals surface area contributed by atoms with Crippen LogP contribution in [-0.2, 0) is 37.5 Å². The lowest BCUT2D eigenvalue weighted by Gasteiger charge is -2.22. The third-order valence-corrected chi connectivity index (χ3v) is 7.81. The number of carbonyl (C=O) groups is 3. The van der Waals surface area contributed by atoms with Gasteiger partial charge in [0.2, 0.25) is 10.0 Å². The molecule has 1 aromatic heterocycles. The van der Waals surface area contributed by atoms with E-state index in [1.54, 1.807) is 19.9 Å². The molecule has 2 aromatic rings. The number of amides is 3. The first-order chi connectivity index (χ1) is 15.5. The first kappa shape index (κ1) is 24.6. The Labute approximate surface area is 192 Å². The largest absolute Gasteiger partial charge is 0.456 e. The minimum absolute atomic E-state index is 0.109. The number of urea groups is 1. The molecule has 0 aliphatic carbocycles. The van der Waals surface area contributed by atoms with Crippen molar-refractivity contribution in [3.63, 3.8) is 0 Å². The summed E-state index contributed by atoms with van der Waals surface area (Å²) in [6.07, 6.45) is 0.845. The molecule has 12 heteroatoms. The number of carbonyl (C=O) groups excluding carboxylic acids is 3. The second kappa shape index (κ2) is 9.10. The minimum Gasteiger partial charge on any atom is -0.456 e. The number of imidazole rings is 1. The molecule has 1 saturated heterocycles. The number of imide groups is 1. The Morgan fingerprint density at radius 1 is 1.18 bits per heavy atom. The quantitative estimate of drug-likeness (QED) is 0.425. The SMILES string of the molecule is CCn1c(COC(=O)CN2C(=O)NC(CC)(CC)C2=O)nc2cc(S(=O)(=O)N(C)C)ccc21. The Morgan fingerprint density at radius 3 is 2.39 bits per heavy atom. The lowest BCUT2D eigenvalue weighted by atomic mass is 9.93. The van der Waals surface area contributed by atoms with Crippen molar-refractivity contribution in [2.45, 2.75) is 57.2 Å². The Balaban J connectivity index is 1.76. The molecule has 1 aliphatic rings. The van der Waals surface area contributed by atoms with E-state index in [1.165, 1.54) is 26.2 Å². The first-order valence-electron chi connectivity index (χ1n) is 10.7. The van der Waals surface area contributed by atoms with Crippen molar-refractivity contribution in [3.05, 3.63) is 24.0 Å². The summed E-state index contributed by atoms with van der Waals surface area (Å²) in [4.78, 5) is 42.7. The van der Waals surface area contributed by atoms with Gasteiger partial charge in [-0.3, -0.25) is 14.5 Å². The van der Waals surface area contributed by atoms with Crippen LogP contribution < -0.4 is 5.32 Å². The first-order valence-corrected chi connectivity index (χ1v) is 12.2. The Bertz CT molecular complexity index is 1200. The Morgan fingerprint density at radius 2 is 1.85 bits per heavy atom. The molecule has 0 atom stereocenters. The third-order valence-electron chi connectivity index (χ3n) is 6.00. The summed E-state index contributed by atoms with van der Waals surface area (Å²) >= 11 is 0. The van der Waals surface area contributed by atoms with Gasteiger partial charge in [0.25, 0.3) is 5.91 Å². The number of nitrogens with zero attached hydrogens (tertiary/aromatic N) is 4. The number of hydrogen-bond acceptors (Lipinski definition) is 7. The highest BCUT2D eigenvalue weighted by molar-refractivity contribution is 7.89. The van der Waals surface area contributed by atoms with Crippen molar-refractivity contribution in [1.29, 1.82) is 0 Å². The monoisotopic (exact) mass is 479 g/mol. The standard InChI is InChI=1S/C21H29N5O6S/c1-6-21(7-2)19(28)26(20(29)23-21)12-18(27)32-13-17-22-15-11-14(33(30,31)24(4)5)9-10-16(15)25(17)8-3/h9-11H,6-8,12-13H2,1-5H3,(H,23,29). The predicted molar refractivity (Wildman–Crippen MR) is 120 cm³/mol. The van der Waals surface area contributed by atoms with Gasteiger partial charge in [-0.1, -0.05) is 13.8 Å². The molecular weight excluding hydrogens is 450 g/mol. The maximum absolute atomic E-state index is 12.7. The van der Waals surface area contributed by atoms with Gasteiger partial charge in [-0.2, -0.15) is 0 Å². The van der Waals surface area contributed by atoms with Crippen molar-refractivity contribution >= 4 is 39.0 Å². The molecule has 0 saturated carbocycles. The number of aromatic nitrogens is 2. The summed E-state index contributed by atoms with van der Waals surface area (Å²) in [6, 6.07) is 4.03. The van der Waals surface area contributed by atoms with Crippen molar-refractivity contribution in [2.75, 3.05) is 20.6 Å². The van der Waals surface area contributed by atoms with E-state index >= 15 is 0 Å². The maximum atomic E-state index is 12.7. The zero-order valence-electron chi connectivity index (χ0n) is 19.4. The summed E-state index contributed by atoms with van der Waals surface area (Å²) in [5.41, 5.74) is 0.166. The van der Waals surface area contributed by atoms with E-state index in [-0.39, 0.29) is 11.5 Å². The van der Waals surface area contributed by atoms with Gasteiger partial charge in [0.05, 0.1) is 15.9 Å². The summed E-state index contributed by atoms with van der Waals surface area (Å²) in [5.74, 6) is -0.758. The molecule has 180 valence electrons. The van der Waals surface area contributed by atoms with Gasteiger partial charge >= 0.3 is 12.0 Å². The molecule has 11 nitrogen and oxygen atoms in total. The molecule has 2 heterocycles. The lowest BCUT2D eigenvalue weighted by Crippen LogP contribution is -2.46. The second-order valence-electron chi connectivity index (χ2n) is 7.98. The van der Waals surface area contributed by atoms with Crippen molar-refractivity contribution in [2.24, 2.45) is 0 Å². The minimum atomic E-state index is -3.62. The average Bonchev–Trinajstić information content (AvgIpc) is 3.26. The molecule has 1 aromatic carbocycles. The van der Waals surface area contributed by atoms with Crippen LogP contribution in [0, 0.1) is 0 Å². The summed E-state index contributed by atoms with van der Waals surface area (Å²) in [7, 11) is -0.719. The molecule has 0 radical (unpaired) electrons. The van der Waals surface area contributed by atoms with Crippen LogP contribution in [-0.4, -0.2) is 71.3 Å². The number of nitrogens with one attached hydrogen (secondary N) is 1. The molecule has 33 heavy (non-hydrogen) atoms. The van der Waals surface area contributed by atoms with Crippen LogP contribution in [0.2, 0.25) is 0 Å². The van der Waals surface area contributed by atoms with Gasteiger partial charge in [0.15, 0.2) is 0 Å². The van der Waals surface area contributed by atoms with Crippen LogP contribution in [0.4, 0.5) is 4.79 Å². The number of benzene rings is 1. The highest BCUT2D eigenvalue weighted by Crippen LogP contribution is 2.25. The highest BCUT2D eigenvalue weighted by Gasteiger charge is 2.49. The predicted octanol–water partition coefficient (Wildman–Crippen LogP) is 1.46. The molecule has 3 rings (SSSR count). The fourth-order valence-electron chi connectivity index (χ4n) is 3.86. The van der Waals surface area contributed by atoms with Gasteiger partial charge in [0, 0.05) is 20.6 Å². The average molecular weight is 480 g/mol. The van der Waals surface area contributed by atoms with Gasteiger partial charge in [-0.15, -0.1) is 0 Å². The summed E-state index contributed by atoms with van der Waals surface area (Å²) in [6.45, 7) is 5.32. The molecule has 0 bridgehead atoms. The topological polar surface area (TPSA) is 131 Å². The van der Waals surface area contributed by atoms with E-state index in [2.05, 4.69) is 10.3 Å². The smallest absolute Gasteiger partial charge is 0.326 e. The molecule has 0 spiro atoms. The van der Waals surface area contributed by atoms with Crippen LogP contribution in [0.15, 0.2) is 23.1 Å². The number of rotatable bonds is 9. The van der Waals surface area contributed by atoms with Gasteiger partial charge < -0.3 is 14.6 Å². The molecule has 3 amide bonds. The van der Waals surface area contributed by atoms with E-state index in [9.17, 15) is 22.8 Å². The Hall–Kier alpha value is -2.99. The van der Waals surface area contributed by atoms with E-state index in [1.807, 2.05) is 11.5 Å².